The van der Waals surface area contributed by atoms with Crippen LogP contribution in [0.15, 0.2) is 94.9 Å². The van der Waals surface area contributed by atoms with Crippen LogP contribution in [0.5, 0.6) is 11.5 Å². The van der Waals surface area contributed by atoms with E-state index in [0.717, 1.165) is 35.7 Å². The van der Waals surface area contributed by atoms with Crippen LogP contribution in [0.25, 0.3) is 22.0 Å². The monoisotopic (exact) mass is 666 g/mol. The summed E-state index contributed by atoms with van der Waals surface area (Å²) in [6.45, 7) is 9.59. The number of benzene rings is 3. The lowest BCUT2D eigenvalue weighted by Gasteiger charge is -2.34. The highest BCUT2D eigenvalue weighted by molar-refractivity contribution is 7.90. The maximum atomic E-state index is 13.8. The topological polar surface area (TPSA) is 106 Å². The Balaban J connectivity index is 1.28. The number of anilines is 1. The second-order valence-corrected chi connectivity index (χ2v) is 15.8. The van der Waals surface area contributed by atoms with Gasteiger partial charge < -0.3 is 24.6 Å². The van der Waals surface area contributed by atoms with Gasteiger partial charge in [0.05, 0.1) is 10.5 Å². The SMILES string of the molecule is Cc1ccc(S(=O)(=O)n2ccc3c(-c4cc(C(C)(C)O)ccc4Oc4ccc(N5CCC6(CCNCC6)C5)cc4)cn(C)c(=O)c32)cc1. The minimum Gasteiger partial charge on any atom is -0.457 e. The highest BCUT2D eigenvalue weighted by Gasteiger charge is 2.39. The Morgan fingerprint density at radius 1 is 0.917 bits per heavy atom. The third kappa shape index (κ3) is 5.82. The van der Waals surface area contributed by atoms with Crippen LogP contribution < -0.4 is 20.5 Å². The first-order valence-corrected chi connectivity index (χ1v) is 17.9. The molecule has 1 spiro atoms. The van der Waals surface area contributed by atoms with Gasteiger partial charge >= 0.3 is 0 Å². The number of piperidine rings is 1. The normalized spacial score (nSPS) is 16.6. The molecule has 0 unspecified atom stereocenters. The minimum atomic E-state index is -4.06. The summed E-state index contributed by atoms with van der Waals surface area (Å²) in [5.41, 5.74) is 2.81. The van der Waals surface area contributed by atoms with Crippen molar-refractivity contribution in [2.75, 3.05) is 31.1 Å². The third-order valence-corrected chi connectivity index (χ3v) is 11.8. The number of pyridine rings is 1. The largest absolute Gasteiger partial charge is 0.457 e. The van der Waals surface area contributed by atoms with Gasteiger partial charge in [-0.05, 0) is 119 Å². The molecule has 5 aromatic rings. The molecule has 0 saturated carbocycles. The van der Waals surface area contributed by atoms with Crippen molar-refractivity contribution in [3.63, 3.8) is 0 Å². The molecule has 2 aromatic heterocycles. The van der Waals surface area contributed by atoms with E-state index < -0.39 is 21.2 Å². The van der Waals surface area contributed by atoms with Crippen LogP contribution in [-0.2, 0) is 22.7 Å². The molecule has 48 heavy (non-hydrogen) atoms. The summed E-state index contributed by atoms with van der Waals surface area (Å²) in [5, 5.41) is 14.9. The van der Waals surface area contributed by atoms with Gasteiger partial charge in [0.2, 0.25) is 0 Å². The van der Waals surface area contributed by atoms with Crippen LogP contribution >= 0.6 is 0 Å². The van der Waals surface area contributed by atoms with Gasteiger partial charge in [0.15, 0.2) is 0 Å². The number of fused-ring (bicyclic) bond motifs is 1. The number of nitrogens with one attached hydrogen (secondary N) is 1. The lowest BCUT2D eigenvalue weighted by molar-refractivity contribution is 0.0786. The van der Waals surface area contributed by atoms with E-state index in [1.165, 1.54) is 35.7 Å². The molecular weight excluding hydrogens is 625 g/mol. The summed E-state index contributed by atoms with van der Waals surface area (Å²) in [5.74, 6) is 1.16. The molecule has 2 aliphatic heterocycles. The Bertz CT molecular complexity index is 2150. The zero-order valence-corrected chi connectivity index (χ0v) is 28.7. The highest BCUT2D eigenvalue weighted by atomic mass is 32.2. The Morgan fingerprint density at radius 2 is 1.62 bits per heavy atom. The zero-order chi connectivity index (χ0) is 33.8. The third-order valence-electron chi connectivity index (χ3n) is 10.1. The van der Waals surface area contributed by atoms with Crippen molar-refractivity contribution in [2.24, 2.45) is 12.5 Å². The fourth-order valence-electron chi connectivity index (χ4n) is 7.15. The quantitative estimate of drug-likeness (QED) is 0.215. The van der Waals surface area contributed by atoms with E-state index in [4.69, 9.17) is 4.74 Å². The molecule has 0 aliphatic carbocycles. The van der Waals surface area contributed by atoms with Gasteiger partial charge in [-0.1, -0.05) is 23.8 Å². The molecule has 2 saturated heterocycles. The number of rotatable bonds is 7. The van der Waals surface area contributed by atoms with Crippen LogP contribution in [-0.4, -0.2) is 48.2 Å². The molecule has 250 valence electrons. The molecule has 4 heterocycles. The predicted octanol–water partition coefficient (Wildman–Crippen LogP) is 6.15. The minimum absolute atomic E-state index is 0.0386. The number of nitrogens with zero attached hydrogens (tertiary/aromatic N) is 3. The number of ether oxygens (including phenoxy) is 1. The van der Waals surface area contributed by atoms with Crippen LogP contribution in [0, 0.1) is 12.3 Å². The smallest absolute Gasteiger partial charge is 0.275 e. The molecule has 2 fully saturated rings. The molecule has 2 N–H and O–H groups in total. The van der Waals surface area contributed by atoms with Crippen molar-refractivity contribution < 1.29 is 18.3 Å². The molecule has 0 atom stereocenters. The summed E-state index contributed by atoms with van der Waals surface area (Å²) in [7, 11) is -2.46. The number of aliphatic hydroxyl groups is 1. The van der Waals surface area contributed by atoms with E-state index >= 15 is 0 Å². The first-order valence-electron chi connectivity index (χ1n) is 16.5. The number of hydrogen-bond acceptors (Lipinski definition) is 7. The Morgan fingerprint density at radius 3 is 2.31 bits per heavy atom. The van der Waals surface area contributed by atoms with Crippen LogP contribution in [0.3, 0.4) is 0 Å². The molecule has 0 radical (unpaired) electrons. The standard InChI is InChI=1S/C38H42N4O5S/c1-26-5-12-30(13-6-26)48(45,46)42-21-15-31-33(24-40(4)36(43)35(31)42)32-23-27(37(2,3)44)7-14-34(32)47-29-10-8-28(9-11-29)41-22-18-38(25-41)16-19-39-20-17-38/h5-15,21,23-24,39,44H,16-20,22,25H2,1-4H3. The molecular formula is C38H42N4O5S. The summed E-state index contributed by atoms with van der Waals surface area (Å²) in [6, 6.07) is 21.8. The number of aryl methyl sites for hydroxylation is 2. The second-order valence-electron chi connectivity index (χ2n) is 13.9. The Kier molecular flexibility index (Phi) is 8.01. The van der Waals surface area contributed by atoms with E-state index in [2.05, 4.69) is 22.3 Å². The fraction of sp³-hybridized carbons (Fsp3) is 0.342. The van der Waals surface area contributed by atoms with Gasteiger partial charge in [0, 0.05) is 54.7 Å². The van der Waals surface area contributed by atoms with Gasteiger partial charge in [-0.25, -0.2) is 12.4 Å². The number of aromatic nitrogens is 2. The Hall–Kier alpha value is -4.38. The van der Waals surface area contributed by atoms with E-state index in [1.54, 1.807) is 57.4 Å². The van der Waals surface area contributed by atoms with Gasteiger partial charge in [0.25, 0.3) is 15.6 Å². The lowest BCUT2D eigenvalue weighted by Crippen LogP contribution is -2.38. The molecule has 9 nitrogen and oxygen atoms in total. The predicted molar refractivity (Wildman–Crippen MR) is 190 cm³/mol. The van der Waals surface area contributed by atoms with Gasteiger partial charge in [-0.15, -0.1) is 0 Å². The zero-order valence-electron chi connectivity index (χ0n) is 27.9. The molecule has 2 aliphatic rings. The second kappa shape index (κ2) is 11.9. The maximum absolute atomic E-state index is 13.8. The molecule has 7 rings (SSSR count). The van der Waals surface area contributed by atoms with Crippen molar-refractivity contribution in [3.05, 3.63) is 107 Å². The van der Waals surface area contributed by atoms with Gasteiger partial charge in [-0.2, -0.15) is 0 Å². The van der Waals surface area contributed by atoms with Crippen molar-refractivity contribution in [3.8, 4) is 22.6 Å². The van der Waals surface area contributed by atoms with Crippen molar-refractivity contribution >= 4 is 26.6 Å². The lowest BCUT2D eigenvalue weighted by atomic mass is 9.78. The average Bonchev–Trinajstić information content (AvgIpc) is 3.69. The molecule has 0 bridgehead atoms. The van der Waals surface area contributed by atoms with Crippen LogP contribution in [0.2, 0.25) is 0 Å². The first kappa shape index (κ1) is 32.2. The van der Waals surface area contributed by atoms with Crippen molar-refractivity contribution in [1.29, 1.82) is 0 Å². The van der Waals surface area contributed by atoms with E-state index in [-0.39, 0.29) is 10.4 Å². The molecule has 3 aromatic carbocycles. The van der Waals surface area contributed by atoms with Crippen molar-refractivity contribution in [1.82, 2.24) is 13.9 Å². The van der Waals surface area contributed by atoms with E-state index in [9.17, 15) is 18.3 Å². The summed E-state index contributed by atoms with van der Waals surface area (Å²) in [6.07, 6.45) is 6.76. The highest BCUT2D eigenvalue weighted by Crippen LogP contribution is 2.42. The van der Waals surface area contributed by atoms with E-state index in [1.807, 2.05) is 37.3 Å². The van der Waals surface area contributed by atoms with Gasteiger partial charge in [0.1, 0.15) is 17.0 Å². The Labute approximate surface area is 281 Å². The average molecular weight is 667 g/mol. The number of hydrogen-bond donors (Lipinski definition) is 2. The van der Waals surface area contributed by atoms with E-state index in [0.29, 0.717) is 39.0 Å². The first-order chi connectivity index (χ1) is 22.8. The summed E-state index contributed by atoms with van der Waals surface area (Å²) in [4.78, 5) is 16.1. The van der Waals surface area contributed by atoms with Crippen LogP contribution in [0.4, 0.5) is 5.69 Å². The molecule has 0 amide bonds. The van der Waals surface area contributed by atoms with Crippen molar-refractivity contribution in [2.45, 2.75) is 50.5 Å². The maximum Gasteiger partial charge on any atom is 0.275 e. The van der Waals surface area contributed by atoms with Gasteiger partial charge in [-0.3, -0.25) is 4.79 Å². The molecule has 10 heteroatoms. The summed E-state index contributed by atoms with van der Waals surface area (Å²) < 4.78 is 36.5. The summed E-state index contributed by atoms with van der Waals surface area (Å²) >= 11 is 0. The fourth-order valence-corrected chi connectivity index (χ4v) is 8.50. The van der Waals surface area contributed by atoms with Crippen LogP contribution in [0.1, 0.15) is 44.2 Å².